The van der Waals surface area contributed by atoms with Crippen molar-refractivity contribution in [2.75, 3.05) is 39.2 Å². The van der Waals surface area contributed by atoms with Crippen molar-refractivity contribution in [3.8, 4) is 11.5 Å². The number of aliphatic imine (C=N–C) groups is 1. The van der Waals surface area contributed by atoms with Crippen molar-refractivity contribution in [3.05, 3.63) is 54.1 Å². The van der Waals surface area contributed by atoms with Crippen LogP contribution in [-0.2, 0) is 6.54 Å². The maximum absolute atomic E-state index is 5.67. The Morgan fingerprint density at radius 2 is 1.94 bits per heavy atom. The Morgan fingerprint density at radius 1 is 1.16 bits per heavy atom. The molecule has 2 atom stereocenters. The molecule has 0 amide bonds. The second kappa shape index (κ2) is 12.8. The summed E-state index contributed by atoms with van der Waals surface area (Å²) in [6, 6.07) is 17.1. The van der Waals surface area contributed by atoms with E-state index in [4.69, 9.17) is 9.47 Å². The number of hydrogen-bond donors (Lipinski definition) is 2. The molecule has 2 aromatic carbocycles. The Morgan fingerprint density at radius 3 is 2.61 bits per heavy atom. The molecule has 0 bridgehead atoms. The van der Waals surface area contributed by atoms with E-state index in [1.165, 1.54) is 12.0 Å². The summed E-state index contributed by atoms with van der Waals surface area (Å²) in [7, 11) is 3.44. The first-order valence-electron chi connectivity index (χ1n) is 10.7. The summed E-state index contributed by atoms with van der Waals surface area (Å²) in [6.45, 7) is 7.87. The molecule has 1 saturated heterocycles. The van der Waals surface area contributed by atoms with Crippen LogP contribution in [0.5, 0.6) is 11.5 Å². The molecule has 1 fully saturated rings. The summed E-state index contributed by atoms with van der Waals surface area (Å²) in [5, 5.41) is 6.84. The monoisotopic (exact) mass is 538 g/mol. The van der Waals surface area contributed by atoms with Crippen LogP contribution in [0.15, 0.2) is 53.5 Å². The highest BCUT2D eigenvalue weighted by atomic mass is 127. The molecule has 1 aliphatic heterocycles. The van der Waals surface area contributed by atoms with E-state index in [0.717, 1.165) is 42.8 Å². The van der Waals surface area contributed by atoms with Gasteiger partial charge in [-0.15, -0.1) is 24.0 Å². The van der Waals surface area contributed by atoms with E-state index in [9.17, 15) is 0 Å². The Kier molecular flexibility index (Phi) is 10.4. The summed E-state index contributed by atoms with van der Waals surface area (Å²) in [6.07, 6.45) is 1.19. The largest absolute Gasteiger partial charge is 0.493 e. The van der Waals surface area contributed by atoms with Crippen molar-refractivity contribution in [2.45, 2.75) is 32.9 Å². The van der Waals surface area contributed by atoms with Crippen molar-refractivity contribution >= 4 is 35.6 Å². The van der Waals surface area contributed by atoms with Crippen LogP contribution < -0.4 is 20.1 Å². The number of hydrogen-bond acceptors (Lipinski definition) is 4. The molecule has 7 heteroatoms. The number of likely N-dealkylation sites (tertiary alicyclic amines) is 1. The molecule has 3 rings (SSSR count). The molecule has 31 heavy (non-hydrogen) atoms. The van der Waals surface area contributed by atoms with Crippen LogP contribution in [0.1, 0.15) is 25.8 Å². The number of methoxy groups -OCH3 is 1. The lowest BCUT2D eigenvalue weighted by Gasteiger charge is -2.21. The van der Waals surface area contributed by atoms with Crippen LogP contribution in [-0.4, -0.2) is 50.8 Å². The molecule has 0 aromatic heterocycles. The number of ether oxygens (including phenoxy) is 2. The molecule has 0 radical (unpaired) electrons. The van der Waals surface area contributed by atoms with Gasteiger partial charge in [0, 0.05) is 44.5 Å². The third-order valence-electron chi connectivity index (χ3n) is 5.53. The summed E-state index contributed by atoms with van der Waals surface area (Å²) in [5.41, 5.74) is 2.29. The highest BCUT2D eigenvalue weighted by Crippen LogP contribution is 2.30. The molecule has 0 spiro atoms. The van der Waals surface area contributed by atoms with Crippen LogP contribution in [0.4, 0.5) is 5.69 Å². The van der Waals surface area contributed by atoms with Crippen LogP contribution in [0, 0.1) is 5.92 Å². The van der Waals surface area contributed by atoms with Crippen molar-refractivity contribution < 1.29 is 9.47 Å². The Labute approximate surface area is 203 Å². The van der Waals surface area contributed by atoms with E-state index < -0.39 is 0 Å². The Hall–Kier alpha value is -2.00. The molecule has 2 aromatic rings. The third-order valence-corrected chi connectivity index (χ3v) is 5.53. The van der Waals surface area contributed by atoms with E-state index in [1.807, 2.05) is 25.1 Å². The Bertz CT molecular complexity index is 832. The lowest BCUT2D eigenvalue weighted by Crippen LogP contribution is -2.35. The first kappa shape index (κ1) is 25.3. The molecule has 1 heterocycles. The highest BCUT2D eigenvalue weighted by Gasteiger charge is 2.28. The zero-order chi connectivity index (χ0) is 21.3. The number of anilines is 1. The lowest BCUT2D eigenvalue weighted by molar-refractivity contribution is 0.255. The predicted molar refractivity (Wildman–Crippen MR) is 139 cm³/mol. The zero-order valence-electron chi connectivity index (χ0n) is 18.9. The second-order valence-electron chi connectivity index (χ2n) is 7.74. The van der Waals surface area contributed by atoms with Gasteiger partial charge in [0.15, 0.2) is 17.5 Å². The molecular weight excluding hydrogens is 503 g/mol. The maximum Gasteiger partial charge on any atom is 0.195 e. The minimum Gasteiger partial charge on any atom is -0.493 e. The van der Waals surface area contributed by atoms with Crippen molar-refractivity contribution in [1.29, 1.82) is 0 Å². The number of halogens is 1. The minimum atomic E-state index is 0. The topological polar surface area (TPSA) is 58.1 Å². The zero-order valence-corrected chi connectivity index (χ0v) is 21.3. The predicted octanol–water partition coefficient (Wildman–Crippen LogP) is 4.61. The fourth-order valence-electron chi connectivity index (χ4n) is 3.98. The van der Waals surface area contributed by atoms with Gasteiger partial charge in [0.25, 0.3) is 0 Å². The van der Waals surface area contributed by atoms with E-state index in [0.29, 0.717) is 18.6 Å². The standard InChI is InChI=1S/C24H34N4O2.HI/c1-5-30-23-14-21(11-12-22(23)29-4)27-24(25-3)26-15-20-13-18(2)28(17-20)16-19-9-7-6-8-10-19;/h6-12,14,18,20H,5,13,15-17H2,1-4H3,(H2,25,26,27);1H. The number of nitrogens with zero attached hydrogens (tertiary/aromatic N) is 2. The quantitative estimate of drug-likeness (QED) is 0.292. The fourth-order valence-corrected chi connectivity index (χ4v) is 3.98. The van der Waals surface area contributed by atoms with Crippen LogP contribution >= 0.6 is 24.0 Å². The van der Waals surface area contributed by atoms with Gasteiger partial charge in [-0.05, 0) is 43.9 Å². The normalized spacial score (nSPS) is 18.9. The van der Waals surface area contributed by atoms with E-state index in [2.05, 4.69) is 57.8 Å². The van der Waals surface area contributed by atoms with Gasteiger partial charge in [-0.2, -0.15) is 0 Å². The van der Waals surface area contributed by atoms with Crippen LogP contribution in [0.25, 0.3) is 0 Å². The van der Waals surface area contributed by atoms with Gasteiger partial charge in [0.05, 0.1) is 13.7 Å². The first-order valence-corrected chi connectivity index (χ1v) is 10.7. The third kappa shape index (κ3) is 7.28. The minimum absolute atomic E-state index is 0. The SMILES string of the molecule is CCOc1cc(NC(=NC)NCC2CC(C)N(Cc3ccccc3)C2)ccc1OC.I. The molecule has 2 N–H and O–H groups in total. The van der Waals surface area contributed by atoms with Crippen molar-refractivity contribution in [1.82, 2.24) is 10.2 Å². The molecule has 1 aliphatic rings. The number of benzene rings is 2. The lowest BCUT2D eigenvalue weighted by atomic mass is 10.1. The average Bonchev–Trinajstić information content (AvgIpc) is 3.11. The molecule has 0 saturated carbocycles. The number of nitrogens with one attached hydrogen (secondary N) is 2. The van der Waals surface area contributed by atoms with Crippen molar-refractivity contribution in [3.63, 3.8) is 0 Å². The average molecular weight is 538 g/mol. The maximum atomic E-state index is 5.67. The van der Waals surface area contributed by atoms with Gasteiger partial charge in [0.2, 0.25) is 0 Å². The Balaban J connectivity index is 0.00000341. The fraction of sp³-hybridized carbons (Fsp3) is 0.458. The van der Waals surface area contributed by atoms with Gasteiger partial charge in [0.1, 0.15) is 0 Å². The molecular formula is C24H35IN4O2. The first-order chi connectivity index (χ1) is 14.6. The van der Waals surface area contributed by atoms with E-state index >= 15 is 0 Å². The molecule has 2 unspecified atom stereocenters. The second-order valence-corrected chi connectivity index (χ2v) is 7.74. The molecule has 0 aliphatic carbocycles. The summed E-state index contributed by atoms with van der Waals surface area (Å²) < 4.78 is 11.0. The number of guanidine groups is 1. The van der Waals surface area contributed by atoms with Gasteiger partial charge in [-0.3, -0.25) is 9.89 Å². The van der Waals surface area contributed by atoms with Crippen LogP contribution in [0.3, 0.4) is 0 Å². The van der Waals surface area contributed by atoms with Gasteiger partial charge in [-0.1, -0.05) is 30.3 Å². The summed E-state index contributed by atoms with van der Waals surface area (Å²) in [4.78, 5) is 6.94. The molecule has 170 valence electrons. The van der Waals surface area contributed by atoms with Gasteiger partial charge >= 0.3 is 0 Å². The summed E-state index contributed by atoms with van der Waals surface area (Å²) in [5.74, 6) is 2.80. The summed E-state index contributed by atoms with van der Waals surface area (Å²) >= 11 is 0. The van der Waals surface area contributed by atoms with Crippen LogP contribution in [0.2, 0.25) is 0 Å². The van der Waals surface area contributed by atoms with E-state index in [1.54, 1.807) is 14.2 Å². The smallest absolute Gasteiger partial charge is 0.195 e. The highest BCUT2D eigenvalue weighted by molar-refractivity contribution is 14.0. The van der Waals surface area contributed by atoms with E-state index in [-0.39, 0.29) is 24.0 Å². The van der Waals surface area contributed by atoms with Gasteiger partial charge in [-0.25, -0.2) is 0 Å². The van der Waals surface area contributed by atoms with Crippen molar-refractivity contribution in [2.24, 2.45) is 10.9 Å². The van der Waals surface area contributed by atoms with Gasteiger partial charge < -0.3 is 20.1 Å². The number of rotatable bonds is 8. The molecule has 6 nitrogen and oxygen atoms in total.